The molecule has 0 unspecified atom stereocenters. The Morgan fingerprint density at radius 3 is 2.21 bits per heavy atom. The number of rotatable bonds is 5. The molecular weight excluding hydrogens is 487 g/mol. The fourth-order valence-electron chi connectivity index (χ4n) is 2.70. The zero-order valence-electron chi connectivity index (χ0n) is 16.1. The zero-order valence-corrected chi connectivity index (χ0v) is 19.2. The van der Waals surface area contributed by atoms with Crippen LogP contribution in [-0.4, -0.2) is 27.8 Å². The lowest BCUT2D eigenvalue weighted by Gasteiger charge is -2.12. The van der Waals surface area contributed by atoms with Gasteiger partial charge in [-0.1, -0.05) is 29.8 Å². The van der Waals surface area contributed by atoms with E-state index in [0.29, 0.717) is 13.1 Å². The Morgan fingerprint density at radius 1 is 1.04 bits per heavy atom. The van der Waals surface area contributed by atoms with Crippen LogP contribution in [0.4, 0.5) is 0 Å². The van der Waals surface area contributed by atoms with E-state index in [1.54, 1.807) is 7.05 Å². The maximum atomic E-state index is 5.91. The summed E-state index contributed by atoms with van der Waals surface area (Å²) in [5, 5.41) is 11.8. The molecule has 8 heteroatoms. The Balaban J connectivity index is 0.00000280. The van der Waals surface area contributed by atoms with Crippen molar-refractivity contribution in [3.63, 3.8) is 0 Å². The third-order valence-electron chi connectivity index (χ3n) is 4.09. The van der Waals surface area contributed by atoms with Gasteiger partial charge < -0.3 is 10.6 Å². The molecule has 0 aliphatic carbocycles. The molecule has 3 rings (SSSR count). The molecule has 2 aromatic heterocycles. The van der Waals surface area contributed by atoms with Gasteiger partial charge in [-0.2, -0.15) is 5.10 Å². The average molecular weight is 511 g/mol. The van der Waals surface area contributed by atoms with Crippen molar-refractivity contribution in [2.45, 2.75) is 26.9 Å². The predicted octanol–water partition coefficient (Wildman–Crippen LogP) is 4.02. The van der Waals surface area contributed by atoms with Gasteiger partial charge >= 0.3 is 0 Å². The molecule has 0 saturated carbocycles. The number of aryl methyl sites for hydroxylation is 2. The van der Waals surface area contributed by atoms with Crippen LogP contribution < -0.4 is 10.6 Å². The number of hydrogen-bond acceptors (Lipinski definition) is 3. The van der Waals surface area contributed by atoms with Crippen LogP contribution in [0, 0.1) is 13.8 Å². The highest BCUT2D eigenvalue weighted by molar-refractivity contribution is 14.0. The summed E-state index contributed by atoms with van der Waals surface area (Å²) < 4.78 is 1.85. The highest BCUT2D eigenvalue weighted by atomic mass is 127. The Morgan fingerprint density at radius 2 is 1.68 bits per heavy atom. The van der Waals surface area contributed by atoms with Crippen LogP contribution in [0.15, 0.2) is 53.7 Å². The van der Waals surface area contributed by atoms with Gasteiger partial charge in [0.15, 0.2) is 11.8 Å². The van der Waals surface area contributed by atoms with Crippen molar-refractivity contribution >= 4 is 41.5 Å². The van der Waals surface area contributed by atoms with E-state index in [9.17, 15) is 0 Å². The maximum absolute atomic E-state index is 5.91. The first kappa shape index (κ1) is 22.2. The minimum Gasteiger partial charge on any atom is -0.352 e. The summed E-state index contributed by atoms with van der Waals surface area (Å²) in [6.07, 6.45) is 1.85. The summed E-state index contributed by atoms with van der Waals surface area (Å²) in [6, 6.07) is 13.8. The third kappa shape index (κ3) is 5.93. The van der Waals surface area contributed by atoms with Gasteiger partial charge in [-0.25, -0.2) is 9.67 Å². The highest BCUT2D eigenvalue weighted by Crippen LogP contribution is 2.11. The van der Waals surface area contributed by atoms with E-state index in [1.807, 2.05) is 67.2 Å². The Bertz CT molecular complexity index is 919. The van der Waals surface area contributed by atoms with E-state index in [-0.39, 0.29) is 24.0 Å². The molecule has 0 saturated heterocycles. The average Bonchev–Trinajstić information content (AvgIpc) is 3.02. The second-order valence-corrected chi connectivity index (χ2v) is 6.71. The van der Waals surface area contributed by atoms with Crippen LogP contribution >= 0.6 is 35.6 Å². The third-order valence-corrected chi connectivity index (χ3v) is 4.34. The van der Waals surface area contributed by atoms with E-state index in [2.05, 4.69) is 25.7 Å². The van der Waals surface area contributed by atoms with Crippen molar-refractivity contribution in [1.82, 2.24) is 25.4 Å². The first-order valence-electron chi connectivity index (χ1n) is 8.72. The zero-order chi connectivity index (χ0) is 19.2. The first-order valence-corrected chi connectivity index (χ1v) is 9.10. The number of aromatic nitrogens is 3. The van der Waals surface area contributed by atoms with Crippen molar-refractivity contribution in [3.8, 4) is 5.82 Å². The van der Waals surface area contributed by atoms with Gasteiger partial charge in [-0.3, -0.25) is 4.99 Å². The van der Waals surface area contributed by atoms with Crippen LogP contribution in [0.25, 0.3) is 5.82 Å². The summed E-state index contributed by atoms with van der Waals surface area (Å²) in [4.78, 5) is 8.77. The fourth-order valence-corrected chi connectivity index (χ4v) is 2.83. The van der Waals surface area contributed by atoms with Crippen molar-refractivity contribution < 1.29 is 0 Å². The predicted molar refractivity (Wildman–Crippen MR) is 125 cm³/mol. The molecule has 2 heterocycles. The topological polar surface area (TPSA) is 67.1 Å². The van der Waals surface area contributed by atoms with Crippen LogP contribution in [0.1, 0.15) is 22.5 Å². The molecule has 0 radical (unpaired) electrons. The number of hydrogen-bond donors (Lipinski definition) is 2. The summed E-state index contributed by atoms with van der Waals surface area (Å²) in [7, 11) is 1.75. The summed E-state index contributed by atoms with van der Waals surface area (Å²) in [6.45, 7) is 5.30. The molecule has 2 N–H and O–H groups in total. The molecule has 148 valence electrons. The van der Waals surface area contributed by atoms with Crippen LogP contribution in [0.3, 0.4) is 0 Å². The lowest BCUT2D eigenvalue weighted by Crippen LogP contribution is -2.36. The molecule has 28 heavy (non-hydrogen) atoms. The molecule has 0 atom stereocenters. The Kier molecular flexibility index (Phi) is 8.25. The largest absolute Gasteiger partial charge is 0.352 e. The highest BCUT2D eigenvalue weighted by Gasteiger charge is 2.05. The monoisotopic (exact) mass is 510 g/mol. The van der Waals surface area contributed by atoms with Crippen LogP contribution in [-0.2, 0) is 13.1 Å². The number of nitrogens with one attached hydrogen (secondary N) is 2. The fraction of sp³-hybridized carbons (Fsp3) is 0.250. The maximum Gasteiger partial charge on any atom is 0.191 e. The molecule has 0 bridgehead atoms. The second kappa shape index (κ2) is 10.4. The standard InChI is InChI=1S/C20H23ClN6.HI/c1-14-10-15(2)27(26-14)19-9-6-17(12-23-19)13-25-20(22-3)24-11-16-4-7-18(21)8-5-16;/h4-10,12H,11,13H2,1-3H3,(H2,22,24,25);1H. The van der Waals surface area contributed by atoms with Gasteiger partial charge in [-0.05, 0) is 49.2 Å². The van der Waals surface area contributed by atoms with Crippen LogP contribution in [0.2, 0.25) is 5.02 Å². The van der Waals surface area contributed by atoms with Gasteiger partial charge in [0.25, 0.3) is 0 Å². The first-order chi connectivity index (χ1) is 13.0. The quantitative estimate of drug-likeness (QED) is 0.309. The van der Waals surface area contributed by atoms with E-state index < -0.39 is 0 Å². The minimum atomic E-state index is 0. The van der Waals surface area contributed by atoms with Crippen molar-refractivity contribution in [1.29, 1.82) is 0 Å². The van der Waals surface area contributed by atoms with Gasteiger partial charge in [0, 0.05) is 37.1 Å². The number of pyridine rings is 1. The lowest BCUT2D eigenvalue weighted by atomic mass is 10.2. The van der Waals surface area contributed by atoms with Gasteiger partial charge in [0.2, 0.25) is 0 Å². The summed E-state index contributed by atoms with van der Waals surface area (Å²) in [5.74, 6) is 1.54. The number of guanidine groups is 1. The minimum absolute atomic E-state index is 0. The summed E-state index contributed by atoms with van der Waals surface area (Å²) in [5.41, 5.74) is 4.25. The SMILES string of the molecule is CN=C(NCc1ccc(Cl)cc1)NCc1ccc(-n2nc(C)cc2C)nc1.I. The van der Waals surface area contributed by atoms with Crippen LogP contribution in [0.5, 0.6) is 0 Å². The van der Waals surface area contributed by atoms with Crippen molar-refractivity contribution in [2.75, 3.05) is 7.05 Å². The van der Waals surface area contributed by atoms with Crippen molar-refractivity contribution in [2.24, 2.45) is 4.99 Å². The second-order valence-electron chi connectivity index (χ2n) is 6.27. The van der Waals surface area contributed by atoms with Gasteiger partial charge in [0.1, 0.15) is 0 Å². The molecule has 0 aliphatic heterocycles. The Labute approximate surface area is 187 Å². The van der Waals surface area contributed by atoms with Gasteiger partial charge in [0.05, 0.1) is 5.69 Å². The Hall–Kier alpha value is -2.13. The van der Waals surface area contributed by atoms with E-state index in [1.165, 1.54) is 0 Å². The number of halogens is 2. The van der Waals surface area contributed by atoms with E-state index >= 15 is 0 Å². The molecule has 6 nitrogen and oxygen atoms in total. The smallest absolute Gasteiger partial charge is 0.191 e. The van der Waals surface area contributed by atoms with Crippen molar-refractivity contribution in [3.05, 3.63) is 76.2 Å². The molecule has 1 aromatic carbocycles. The normalized spacial score (nSPS) is 11.1. The molecule has 0 fully saturated rings. The number of aliphatic imine (C=N–C) groups is 1. The van der Waals surface area contributed by atoms with E-state index in [4.69, 9.17) is 11.6 Å². The number of benzene rings is 1. The molecule has 0 aliphatic rings. The molecule has 0 amide bonds. The summed E-state index contributed by atoms with van der Waals surface area (Å²) >= 11 is 5.91. The van der Waals surface area contributed by atoms with Gasteiger partial charge in [-0.15, -0.1) is 24.0 Å². The number of nitrogens with zero attached hydrogens (tertiary/aromatic N) is 4. The molecular formula is C20H24ClIN6. The molecule has 0 spiro atoms. The van der Waals surface area contributed by atoms with E-state index in [0.717, 1.165) is 39.3 Å². The lowest BCUT2D eigenvalue weighted by molar-refractivity contribution is 0.790. The molecule has 3 aromatic rings.